The molecule has 1 N–H and O–H groups in total. The first-order valence-corrected chi connectivity index (χ1v) is 6.32. The molecule has 0 bridgehead atoms. The second-order valence-electron chi connectivity index (χ2n) is 6.18. The summed E-state index contributed by atoms with van der Waals surface area (Å²) in [6, 6.07) is 10.0. The van der Waals surface area contributed by atoms with E-state index in [4.69, 9.17) is 0 Å². The molecule has 1 heterocycles. The van der Waals surface area contributed by atoms with Gasteiger partial charge in [-0.15, -0.1) is 0 Å². The first kappa shape index (κ1) is 13.0. The van der Waals surface area contributed by atoms with Crippen molar-refractivity contribution < 1.29 is 5.11 Å². The second-order valence-corrected chi connectivity index (χ2v) is 6.18. The van der Waals surface area contributed by atoms with E-state index in [-0.39, 0.29) is 5.41 Å². The molecule has 0 saturated heterocycles. The van der Waals surface area contributed by atoms with E-state index < -0.39 is 5.60 Å². The molecule has 0 radical (unpaired) electrons. The van der Waals surface area contributed by atoms with E-state index in [1.165, 1.54) is 0 Å². The summed E-state index contributed by atoms with van der Waals surface area (Å²) in [7, 11) is 0. The number of hydrogen-bond donors (Lipinski definition) is 1. The lowest BCUT2D eigenvalue weighted by molar-refractivity contribution is -0.0469. The van der Waals surface area contributed by atoms with Gasteiger partial charge in [0, 0.05) is 11.1 Å². The summed E-state index contributed by atoms with van der Waals surface area (Å²) in [6.07, 6.45) is 0. The fourth-order valence-corrected chi connectivity index (χ4v) is 1.96. The molecular formula is C16H21NO. The minimum Gasteiger partial charge on any atom is -0.385 e. The molecule has 0 saturated carbocycles. The summed E-state index contributed by atoms with van der Waals surface area (Å²) in [5.74, 6) is 0. The zero-order valence-electron chi connectivity index (χ0n) is 11.8. The Balaban J connectivity index is 2.58. The Bertz CT molecular complexity index is 579. The number of benzene rings is 1. The maximum atomic E-state index is 10.7. The van der Waals surface area contributed by atoms with Crippen molar-refractivity contribution in [3.05, 3.63) is 41.6 Å². The highest BCUT2D eigenvalue weighted by molar-refractivity contribution is 5.79. The van der Waals surface area contributed by atoms with Gasteiger partial charge in [0.15, 0.2) is 0 Å². The van der Waals surface area contributed by atoms with E-state index in [1.807, 2.05) is 58.9 Å². The van der Waals surface area contributed by atoms with Gasteiger partial charge in [-0.3, -0.25) is 4.98 Å². The molecule has 2 aromatic rings. The minimum absolute atomic E-state index is 0.210. The van der Waals surface area contributed by atoms with E-state index in [9.17, 15) is 5.11 Å². The van der Waals surface area contributed by atoms with E-state index in [0.29, 0.717) is 0 Å². The van der Waals surface area contributed by atoms with Gasteiger partial charge in [0.2, 0.25) is 0 Å². The van der Waals surface area contributed by atoms with Gasteiger partial charge in [-0.2, -0.15) is 0 Å². The van der Waals surface area contributed by atoms with Gasteiger partial charge >= 0.3 is 0 Å². The highest BCUT2D eigenvalue weighted by atomic mass is 16.3. The standard InChI is InChI=1S/C16H21NO/c1-11-6-7-12-10-13(8-9-14(12)17-11)16(5,18)15(2,3)4/h6-10,18H,1-5H3. The average Bonchev–Trinajstić information content (AvgIpc) is 2.26. The first-order chi connectivity index (χ1) is 8.22. The summed E-state index contributed by atoms with van der Waals surface area (Å²) >= 11 is 0. The highest BCUT2D eigenvalue weighted by Crippen LogP contribution is 2.39. The van der Waals surface area contributed by atoms with Gasteiger partial charge in [0.1, 0.15) is 0 Å². The SMILES string of the molecule is Cc1ccc2cc(C(C)(O)C(C)(C)C)ccc2n1. The number of aromatic nitrogens is 1. The Labute approximate surface area is 109 Å². The van der Waals surface area contributed by atoms with Crippen LogP contribution in [0.2, 0.25) is 0 Å². The molecule has 0 amide bonds. The quantitative estimate of drug-likeness (QED) is 0.826. The summed E-state index contributed by atoms with van der Waals surface area (Å²) in [4.78, 5) is 4.48. The van der Waals surface area contributed by atoms with Gasteiger partial charge in [-0.1, -0.05) is 32.9 Å². The Hall–Kier alpha value is -1.41. The van der Waals surface area contributed by atoms with Crippen molar-refractivity contribution in [3.8, 4) is 0 Å². The van der Waals surface area contributed by atoms with E-state index in [0.717, 1.165) is 22.2 Å². The Morgan fingerprint density at radius 3 is 2.28 bits per heavy atom. The predicted molar refractivity (Wildman–Crippen MR) is 75.5 cm³/mol. The Morgan fingerprint density at radius 2 is 1.67 bits per heavy atom. The minimum atomic E-state index is -0.855. The normalized spacial score (nSPS) is 15.7. The molecule has 1 unspecified atom stereocenters. The number of hydrogen-bond acceptors (Lipinski definition) is 2. The van der Waals surface area contributed by atoms with Crippen molar-refractivity contribution in [2.45, 2.75) is 40.2 Å². The zero-order valence-corrected chi connectivity index (χ0v) is 11.8. The second kappa shape index (κ2) is 4.06. The molecule has 0 aliphatic heterocycles. The maximum absolute atomic E-state index is 10.7. The topological polar surface area (TPSA) is 33.1 Å². The lowest BCUT2D eigenvalue weighted by atomic mass is 9.73. The smallest absolute Gasteiger partial charge is 0.0916 e. The van der Waals surface area contributed by atoms with Crippen LogP contribution in [0, 0.1) is 12.3 Å². The molecule has 1 atom stereocenters. The monoisotopic (exact) mass is 243 g/mol. The van der Waals surface area contributed by atoms with Crippen LogP contribution in [0.25, 0.3) is 10.9 Å². The molecule has 1 aromatic heterocycles. The summed E-state index contributed by atoms with van der Waals surface area (Å²) in [5, 5.41) is 11.8. The average molecular weight is 243 g/mol. The van der Waals surface area contributed by atoms with Crippen molar-refractivity contribution in [2.75, 3.05) is 0 Å². The molecule has 18 heavy (non-hydrogen) atoms. The van der Waals surface area contributed by atoms with Crippen molar-refractivity contribution in [2.24, 2.45) is 5.41 Å². The third-order valence-corrected chi connectivity index (χ3v) is 3.85. The molecule has 2 rings (SSSR count). The number of aliphatic hydroxyl groups is 1. The number of aryl methyl sites for hydroxylation is 1. The maximum Gasteiger partial charge on any atom is 0.0916 e. The van der Waals surface area contributed by atoms with Gasteiger partial charge in [0.25, 0.3) is 0 Å². The number of rotatable bonds is 1. The van der Waals surface area contributed by atoms with E-state index in [1.54, 1.807) is 0 Å². The molecule has 0 fully saturated rings. The van der Waals surface area contributed by atoms with Crippen LogP contribution in [-0.2, 0) is 5.60 Å². The van der Waals surface area contributed by atoms with Gasteiger partial charge < -0.3 is 5.11 Å². The summed E-state index contributed by atoms with van der Waals surface area (Å²) in [6.45, 7) is 9.99. The molecule has 2 nitrogen and oxygen atoms in total. The van der Waals surface area contributed by atoms with Gasteiger partial charge in [-0.25, -0.2) is 0 Å². The van der Waals surface area contributed by atoms with Crippen molar-refractivity contribution in [1.29, 1.82) is 0 Å². The molecule has 0 spiro atoms. The summed E-state index contributed by atoms with van der Waals surface area (Å²) in [5.41, 5.74) is 1.86. The van der Waals surface area contributed by atoms with Crippen molar-refractivity contribution in [3.63, 3.8) is 0 Å². The largest absolute Gasteiger partial charge is 0.385 e. The van der Waals surface area contributed by atoms with Crippen LogP contribution in [0.15, 0.2) is 30.3 Å². The Morgan fingerprint density at radius 1 is 1.00 bits per heavy atom. The van der Waals surface area contributed by atoms with E-state index in [2.05, 4.69) is 11.1 Å². The molecule has 96 valence electrons. The van der Waals surface area contributed by atoms with Crippen LogP contribution in [0.4, 0.5) is 0 Å². The van der Waals surface area contributed by atoms with Crippen molar-refractivity contribution >= 4 is 10.9 Å². The van der Waals surface area contributed by atoms with Crippen LogP contribution in [-0.4, -0.2) is 10.1 Å². The van der Waals surface area contributed by atoms with Gasteiger partial charge in [-0.05, 0) is 43.0 Å². The van der Waals surface area contributed by atoms with Crippen molar-refractivity contribution in [1.82, 2.24) is 4.98 Å². The lowest BCUT2D eigenvalue weighted by Gasteiger charge is -2.37. The number of fused-ring (bicyclic) bond motifs is 1. The fraction of sp³-hybridized carbons (Fsp3) is 0.438. The predicted octanol–water partition coefficient (Wildman–Crippen LogP) is 3.80. The number of pyridine rings is 1. The molecular weight excluding hydrogens is 222 g/mol. The van der Waals surface area contributed by atoms with E-state index >= 15 is 0 Å². The van der Waals surface area contributed by atoms with Crippen LogP contribution in [0.5, 0.6) is 0 Å². The molecule has 0 aliphatic carbocycles. The summed E-state index contributed by atoms with van der Waals surface area (Å²) < 4.78 is 0. The molecule has 2 heteroatoms. The third kappa shape index (κ3) is 2.13. The highest BCUT2D eigenvalue weighted by Gasteiger charge is 2.36. The third-order valence-electron chi connectivity index (χ3n) is 3.85. The Kier molecular flexibility index (Phi) is 2.94. The molecule has 1 aromatic carbocycles. The number of nitrogens with zero attached hydrogens (tertiary/aromatic N) is 1. The fourth-order valence-electron chi connectivity index (χ4n) is 1.96. The van der Waals surface area contributed by atoms with Crippen LogP contribution >= 0.6 is 0 Å². The molecule has 0 aliphatic rings. The van der Waals surface area contributed by atoms with Crippen LogP contribution in [0.1, 0.15) is 39.0 Å². The van der Waals surface area contributed by atoms with Crippen LogP contribution < -0.4 is 0 Å². The zero-order chi connectivity index (χ0) is 13.6. The first-order valence-electron chi connectivity index (χ1n) is 6.32. The van der Waals surface area contributed by atoms with Gasteiger partial charge in [0.05, 0.1) is 11.1 Å². The van der Waals surface area contributed by atoms with Crippen LogP contribution in [0.3, 0.4) is 0 Å². The lowest BCUT2D eigenvalue weighted by Crippen LogP contribution is -2.36.